The lowest BCUT2D eigenvalue weighted by molar-refractivity contribution is -0.118. The molecule has 6 nitrogen and oxygen atoms in total. The first-order valence-electron chi connectivity index (χ1n) is 8.83. The first kappa shape index (κ1) is 20.4. The number of carbonyl (C=O) groups excluding carboxylic acids is 1. The predicted molar refractivity (Wildman–Crippen MR) is 112 cm³/mol. The molecule has 1 aromatic heterocycles. The number of carbonyl (C=O) groups is 1. The number of fused-ring (bicyclic) bond motifs is 1. The Morgan fingerprint density at radius 2 is 2.04 bits per heavy atom. The summed E-state index contributed by atoms with van der Waals surface area (Å²) in [4.78, 5) is 29.5. The van der Waals surface area contributed by atoms with Gasteiger partial charge in [0.15, 0.2) is 5.16 Å². The number of amides is 1. The van der Waals surface area contributed by atoms with Crippen LogP contribution in [0.1, 0.15) is 12.0 Å². The van der Waals surface area contributed by atoms with Gasteiger partial charge in [0.2, 0.25) is 5.91 Å². The van der Waals surface area contributed by atoms with E-state index in [0.29, 0.717) is 40.6 Å². The highest BCUT2D eigenvalue weighted by Gasteiger charge is 2.13. The van der Waals surface area contributed by atoms with E-state index < -0.39 is 0 Å². The SMILES string of the molecule is O=C(CSc1nc2ccccc2c(=O)n1CCCO)NCc1cccc(Cl)c1. The molecule has 3 rings (SSSR count). The van der Waals surface area contributed by atoms with Gasteiger partial charge in [0, 0.05) is 24.7 Å². The second-order valence-electron chi connectivity index (χ2n) is 6.14. The number of hydrogen-bond donors (Lipinski definition) is 2. The fraction of sp³-hybridized carbons (Fsp3) is 0.250. The van der Waals surface area contributed by atoms with E-state index in [0.717, 1.165) is 5.56 Å². The largest absolute Gasteiger partial charge is 0.396 e. The summed E-state index contributed by atoms with van der Waals surface area (Å²) in [5.74, 6) is -0.0362. The summed E-state index contributed by atoms with van der Waals surface area (Å²) >= 11 is 7.15. The lowest BCUT2D eigenvalue weighted by Crippen LogP contribution is -2.27. The second-order valence-corrected chi connectivity index (χ2v) is 7.52. The van der Waals surface area contributed by atoms with Crippen molar-refractivity contribution >= 4 is 40.2 Å². The molecule has 2 N–H and O–H groups in total. The second kappa shape index (κ2) is 9.73. The number of hydrogen-bond acceptors (Lipinski definition) is 5. The van der Waals surface area contributed by atoms with Gasteiger partial charge in [-0.3, -0.25) is 14.2 Å². The highest BCUT2D eigenvalue weighted by molar-refractivity contribution is 7.99. The van der Waals surface area contributed by atoms with Crippen LogP contribution in [0.2, 0.25) is 5.02 Å². The van der Waals surface area contributed by atoms with Crippen LogP contribution in [0.5, 0.6) is 0 Å². The molecule has 0 saturated carbocycles. The third-order valence-electron chi connectivity index (χ3n) is 4.08. The zero-order valence-corrected chi connectivity index (χ0v) is 16.7. The van der Waals surface area contributed by atoms with Crippen molar-refractivity contribution in [2.45, 2.75) is 24.7 Å². The third kappa shape index (κ3) is 5.13. The molecule has 0 saturated heterocycles. The van der Waals surface area contributed by atoms with Crippen LogP contribution >= 0.6 is 23.4 Å². The smallest absolute Gasteiger partial charge is 0.262 e. The summed E-state index contributed by atoms with van der Waals surface area (Å²) in [5, 5.41) is 13.6. The lowest BCUT2D eigenvalue weighted by atomic mass is 10.2. The van der Waals surface area contributed by atoms with Crippen molar-refractivity contribution in [1.29, 1.82) is 0 Å². The Labute approximate surface area is 171 Å². The van der Waals surface area contributed by atoms with Crippen LogP contribution in [0.4, 0.5) is 0 Å². The molecule has 0 atom stereocenters. The number of halogens is 1. The molecule has 28 heavy (non-hydrogen) atoms. The Kier molecular flexibility index (Phi) is 7.08. The molecule has 0 aliphatic rings. The van der Waals surface area contributed by atoms with Crippen molar-refractivity contribution in [3.63, 3.8) is 0 Å². The molecule has 0 aliphatic heterocycles. The average Bonchev–Trinajstić information content (AvgIpc) is 2.70. The van der Waals surface area contributed by atoms with Gasteiger partial charge >= 0.3 is 0 Å². The molecule has 0 fully saturated rings. The molecule has 146 valence electrons. The van der Waals surface area contributed by atoms with Crippen molar-refractivity contribution in [3.05, 3.63) is 69.5 Å². The molecule has 0 bridgehead atoms. The Balaban J connectivity index is 1.71. The van der Waals surface area contributed by atoms with Gasteiger partial charge in [-0.1, -0.05) is 47.6 Å². The summed E-state index contributed by atoms with van der Waals surface area (Å²) in [5.41, 5.74) is 1.34. The number of thioether (sulfide) groups is 1. The van der Waals surface area contributed by atoms with Gasteiger partial charge in [-0.15, -0.1) is 0 Å². The quantitative estimate of drug-likeness (QED) is 0.435. The standard InChI is InChI=1S/C20H20ClN3O3S/c21-15-6-3-5-14(11-15)12-22-18(26)13-28-20-23-17-8-2-1-7-16(17)19(27)24(20)9-4-10-25/h1-3,5-8,11,25H,4,9-10,12-13H2,(H,22,26). The maximum atomic E-state index is 12.8. The third-order valence-corrected chi connectivity index (χ3v) is 5.29. The number of benzene rings is 2. The minimum absolute atomic E-state index is 0.0243. The Morgan fingerprint density at radius 3 is 2.82 bits per heavy atom. The fourth-order valence-electron chi connectivity index (χ4n) is 2.71. The zero-order valence-electron chi connectivity index (χ0n) is 15.1. The van der Waals surface area contributed by atoms with Gasteiger partial charge in [-0.2, -0.15) is 0 Å². The molecule has 0 spiro atoms. The van der Waals surface area contributed by atoms with Gasteiger partial charge < -0.3 is 10.4 Å². The monoisotopic (exact) mass is 417 g/mol. The molecular weight excluding hydrogens is 398 g/mol. The molecule has 1 heterocycles. The summed E-state index contributed by atoms with van der Waals surface area (Å²) in [6, 6.07) is 14.4. The summed E-state index contributed by atoms with van der Waals surface area (Å²) in [6.45, 7) is 0.700. The van der Waals surface area contributed by atoms with E-state index in [4.69, 9.17) is 16.7 Å². The highest BCUT2D eigenvalue weighted by Crippen LogP contribution is 2.18. The minimum Gasteiger partial charge on any atom is -0.396 e. The van der Waals surface area contributed by atoms with E-state index >= 15 is 0 Å². The number of para-hydroxylation sites is 1. The Hall–Kier alpha value is -2.35. The number of nitrogens with one attached hydrogen (secondary N) is 1. The minimum atomic E-state index is -0.166. The molecule has 3 aromatic rings. The van der Waals surface area contributed by atoms with Crippen molar-refractivity contribution < 1.29 is 9.90 Å². The van der Waals surface area contributed by atoms with Crippen molar-refractivity contribution in [2.75, 3.05) is 12.4 Å². The topological polar surface area (TPSA) is 84.2 Å². The normalized spacial score (nSPS) is 10.9. The maximum Gasteiger partial charge on any atom is 0.262 e. The molecule has 0 radical (unpaired) electrons. The first-order valence-corrected chi connectivity index (χ1v) is 10.2. The molecule has 2 aromatic carbocycles. The van der Waals surface area contributed by atoms with E-state index in [1.54, 1.807) is 30.3 Å². The fourth-order valence-corrected chi connectivity index (χ4v) is 3.78. The first-order chi connectivity index (χ1) is 13.6. The van der Waals surface area contributed by atoms with E-state index in [9.17, 15) is 9.59 Å². The molecular formula is C20H20ClN3O3S. The van der Waals surface area contributed by atoms with Crippen LogP contribution in [0.15, 0.2) is 58.5 Å². The van der Waals surface area contributed by atoms with Crippen LogP contribution < -0.4 is 10.9 Å². The van der Waals surface area contributed by atoms with Crippen LogP contribution in [0, 0.1) is 0 Å². The van der Waals surface area contributed by atoms with E-state index in [1.165, 1.54) is 16.3 Å². The van der Waals surface area contributed by atoms with Crippen molar-refractivity contribution in [2.24, 2.45) is 0 Å². The number of rotatable bonds is 8. The van der Waals surface area contributed by atoms with E-state index in [2.05, 4.69) is 10.3 Å². The lowest BCUT2D eigenvalue weighted by Gasteiger charge is -2.12. The van der Waals surface area contributed by atoms with Crippen LogP contribution in [0.3, 0.4) is 0 Å². The van der Waals surface area contributed by atoms with Gasteiger partial charge in [0.1, 0.15) is 0 Å². The number of aliphatic hydroxyl groups is 1. The zero-order chi connectivity index (χ0) is 19.9. The van der Waals surface area contributed by atoms with Crippen LogP contribution in [-0.2, 0) is 17.9 Å². The molecule has 1 amide bonds. The van der Waals surface area contributed by atoms with Crippen LogP contribution in [0.25, 0.3) is 10.9 Å². The number of nitrogens with zero attached hydrogens (tertiary/aromatic N) is 2. The molecule has 0 aliphatic carbocycles. The predicted octanol–water partition coefficient (Wildman–Crippen LogP) is 2.84. The van der Waals surface area contributed by atoms with Gasteiger partial charge in [0.05, 0.1) is 16.7 Å². The highest BCUT2D eigenvalue weighted by atomic mass is 35.5. The molecule has 8 heteroatoms. The Morgan fingerprint density at radius 1 is 1.21 bits per heavy atom. The summed E-state index contributed by atoms with van der Waals surface area (Å²) in [6.07, 6.45) is 0.439. The van der Waals surface area contributed by atoms with E-state index in [1.807, 2.05) is 18.2 Å². The average molecular weight is 418 g/mol. The van der Waals surface area contributed by atoms with Gasteiger partial charge in [-0.25, -0.2) is 4.98 Å². The molecule has 0 unspecified atom stereocenters. The van der Waals surface area contributed by atoms with Crippen molar-refractivity contribution in [3.8, 4) is 0 Å². The number of aliphatic hydroxyl groups excluding tert-OH is 1. The van der Waals surface area contributed by atoms with E-state index in [-0.39, 0.29) is 23.8 Å². The Bertz CT molecular complexity index is 1040. The van der Waals surface area contributed by atoms with Gasteiger partial charge in [-0.05, 0) is 36.2 Å². The number of aromatic nitrogens is 2. The maximum absolute atomic E-state index is 12.8. The summed E-state index contributed by atoms with van der Waals surface area (Å²) < 4.78 is 1.52. The van der Waals surface area contributed by atoms with Crippen molar-refractivity contribution in [1.82, 2.24) is 14.9 Å². The van der Waals surface area contributed by atoms with Crippen LogP contribution in [-0.4, -0.2) is 32.9 Å². The summed E-state index contributed by atoms with van der Waals surface area (Å²) in [7, 11) is 0. The van der Waals surface area contributed by atoms with Gasteiger partial charge in [0.25, 0.3) is 5.56 Å².